The van der Waals surface area contributed by atoms with E-state index in [-0.39, 0.29) is 18.4 Å². The molecule has 0 bridgehead atoms. The van der Waals surface area contributed by atoms with Crippen LogP contribution >= 0.6 is 0 Å². The summed E-state index contributed by atoms with van der Waals surface area (Å²) < 4.78 is 0. The molecule has 1 atom stereocenters. The second kappa shape index (κ2) is 6.18. The Kier molecular flexibility index (Phi) is 4.58. The minimum Gasteiger partial charge on any atom is -0.354 e. The molecule has 5 heteroatoms. The number of carbonyl (C=O) groups is 2. The molecule has 2 heterocycles. The van der Waals surface area contributed by atoms with Crippen LogP contribution in [-0.4, -0.2) is 61.4 Å². The van der Waals surface area contributed by atoms with Gasteiger partial charge < -0.3 is 15.1 Å². The van der Waals surface area contributed by atoms with Gasteiger partial charge in [0.05, 0.1) is 6.54 Å². The zero-order chi connectivity index (χ0) is 13.0. The van der Waals surface area contributed by atoms with E-state index in [1.165, 1.54) is 12.8 Å². The first-order valence-corrected chi connectivity index (χ1v) is 6.88. The van der Waals surface area contributed by atoms with Gasteiger partial charge in [-0.1, -0.05) is 0 Å². The highest BCUT2D eigenvalue weighted by molar-refractivity contribution is 5.85. The van der Waals surface area contributed by atoms with Crippen molar-refractivity contribution >= 4 is 11.8 Å². The van der Waals surface area contributed by atoms with Crippen molar-refractivity contribution in [3.05, 3.63) is 0 Å². The lowest BCUT2D eigenvalue weighted by molar-refractivity contribution is -0.133. The van der Waals surface area contributed by atoms with Crippen LogP contribution in [0.3, 0.4) is 0 Å². The number of hydrogen-bond acceptors (Lipinski definition) is 3. The zero-order valence-electron chi connectivity index (χ0n) is 11.2. The summed E-state index contributed by atoms with van der Waals surface area (Å²) >= 11 is 0. The van der Waals surface area contributed by atoms with Crippen LogP contribution in [0.25, 0.3) is 0 Å². The van der Waals surface area contributed by atoms with Crippen molar-refractivity contribution in [1.29, 1.82) is 0 Å². The highest BCUT2D eigenvalue weighted by Crippen LogP contribution is 2.14. The van der Waals surface area contributed by atoms with Crippen LogP contribution in [0.4, 0.5) is 0 Å². The highest BCUT2D eigenvalue weighted by atomic mass is 16.2. The first-order chi connectivity index (χ1) is 8.65. The fraction of sp³-hybridized carbons (Fsp3) is 0.846. The lowest BCUT2D eigenvalue weighted by Crippen LogP contribution is -2.42. The van der Waals surface area contributed by atoms with Gasteiger partial charge in [0, 0.05) is 26.1 Å². The van der Waals surface area contributed by atoms with E-state index in [1.54, 1.807) is 4.90 Å². The number of rotatable bonds is 4. The van der Waals surface area contributed by atoms with Crippen LogP contribution in [0.2, 0.25) is 0 Å². The molecule has 1 N–H and O–H groups in total. The maximum Gasteiger partial charge on any atom is 0.239 e. The van der Waals surface area contributed by atoms with Gasteiger partial charge in [-0.05, 0) is 38.8 Å². The molecule has 2 aliphatic rings. The van der Waals surface area contributed by atoms with Gasteiger partial charge in [0.15, 0.2) is 0 Å². The summed E-state index contributed by atoms with van der Waals surface area (Å²) in [5, 5.41) is 2.96. The van der Waals surface area contributed by atoms with E-state index in [0.29, 0.717) is 12.3 Å². The smallest absolute Gasteiger partial charge is 0.239 e. The number of likely N-dealkylation sites (tertiary alicyclic amines) is 2. The molecular weight excluding hydrogens is 230 g/mol. The van der Waals surface area contributed by atoms with Gasteiger partial charge in [0.1, 0.15) is 0 Å². The maximum absolute atomic E-state index is 11.8. The number of carbonyl (C=O) groups excluding carboxylic acids is 2. The summed E-state index contributed by atoms with van der Waals surface area (Å²) in [5.74, 6) is 0.656. The van der Waals surface area contributed by atoms with Crippen LogP contribution in [0.1, 0.15) is 25.7 Å². The molecule has 0 aromatic rings. The molecule has 1 unspecified atom stereocenters. The second-order valence-electron chi connectivity index (χ2n) is 5.49. The van der Waals surface area contributed by atoms with Crippen molar-refractivity contribution in [2.75, 3.05) is 39.8 Å². The van der Waals surface area contributed by atoms with Crippen LogP contribution in [0.15, 0.2) is 0 Å². The van der Waals surface area contributed by atoms with Gasteiger partial charge in [-0.25, -0.2) is 0 Å². The number of hydrogen-bond donors (Lipinski definition) is 1. The molecule has 0 saturated carbocycles. The third kappa shape index (κ3) is 3.70. The van der Waals surface area contributed by atoms with Crippen molar-refractivity contribution in [3.63, 3.8) is 0 Å². The van der Waals surface area contributed by atoms with E-state index < -0.39 is 0 Å². The fourth-order valence-electron chi connectivity index (χ4n) is 2.80. The molecule has 2 amide bonds. The average molecular weight is 253 g/mol. The molecule has 0 aliphatic carbocycles. The zero-order valence-corrected chi connectivity index (χ0v) is 11.2. The first kappa shape index (κ1) is 13.3. The molecule has 2 saturated heterocycles. The molecule has 2 aliphatic heterocycles. The van der Waals surface area contributed by atoms with Gasteiger partial charge in [0.25, 0.3) is 0 Å². The van der Waals surface area contributed by atoms with Gasteiger partial charge in [-0.2, -0.15) is 0 Å². The summed E-state index contributed by atoms with van der Waals surface area (Å²) in [6.07, 6.45) is 3.88. The molecule has 18 heavy (non-hydrogen) atoms. The number of nitrogens with one attached hydrogen (secondary N) is 1. The van der Waals surface area contributed by atoms with E-state index in [4.69, 9.17) is 0 Å². The van der Waals surface area contributed by atoms with Crippen LogP contribution in [0.5, 0.6) is 0 Å². The van der Waals surface area contributed by atoms with E-state index in [1.807, 2.05) is 0 Å². The molecule has 0 radical (unpaired) electrons. The molecule has 5 nitrogen and oxygen atoms in total. The predicted molar refractivity (Wildman–Crippen MR) is 69.0 cm³/mol. The number of piperidine rings is 1. The van der Waals surface area contributed by atoms with Gasteiger partial charge >= 0.3 is 0 Å². The normalized spacial score (nSPS) is 25.5. The van der Waals surface area contributed by atoms with E-state index >= 15 is 0 Å². The van der Waals surface area contributed by atoms with E-state index in [0.717, 1.165) is 32.6 Å². The Balaban J connectivity index is 1.66. The van der Waals surface area contributed by atoms with Crippen LogP contribution < -0.4 is 5.32 Å². The fourth-order valence-corrected chi connectivity index (χ4v) is 2.80. The van der Waals surface area contributed by atoms with E-state index in [2.05, 4.69) is 17.3 Å². The Morgan fingerprint density at radius 3 is 2.89 bits per heavy atom. The van der Waals surface area contributed by atoms with Crippen molar-refractivity contribution in [2.45, 2.75) is 25.7 Å². The molecule has 2 fully saturated rings. The Labute approximate surface area is 108 Å². The lowest BCUT2D eigenvalue weighted by atomic mass is 9.98. The van der Waals surface area contributed by atoms with Crippen LogP contribution in [-0.2, 0) is 9.59 Å². The summed E-state index contributed by atoms with van der Waals surface area (Å²) in [6.45, 7) is 3.93. The largest absolute Gasteiger partial charge is 0.354 e. The minimum atomic E-state index is -0.0153. The minimum absolute atomic E-state index is 0.0153. The average Bonchev–Trinajstić information content (AvgIpc) is 2.73. The quantitative estimate of drug-likeness (QED) is 0.771. The Morgan fingerprint density at radius 2 is 2.22 bits per heavy atom. The van der Waals surface area contributed by atoms with Crippen LogP contribution in [0, 0.1) is 5.92 Å². The van der Waals surface area contributed by atoms with Gasteiger partial charge in [-0.3, -0.25) is 9.59 Å². The van der Waals surface area contributed by atoms with Crippen molar-refractivity contribution in [1.82, 2.24) is 15.1 Å². The number of nitrogens with zero attached hydrogens (tertiary/aromatic N) is 2. The summed E-state index contributed by atoms with van der Waals surface area (Å²) in [7, 11) is 2.12. The molecule has 0 spiro atoms. The monoisotopic (exact) mass is 253 g/mol. The first-order valence-electron chi connectivity index (χ1n) is 6.88. The van der Waals surface area contributed by atoms with Crippen molar-refractivity contribution in [2.24, 2.45) is 5.92 Å². The van der Waals surface area contributed by atoms with Crippen molar-refractivity contribution in [3.8, 4) is 0 Å². The van der Waals surface area contributed by atoms with Crippen molar-refractivity contribution < 1.29 is 9.59 Å². The summed E-state index contributed by atoms with van der Waals surface area (Å²) in [4.78, 5) is 27.1. The second-order valence-corrected chi connectivity index (χ2v) is 5.49. The predicted octanol–water partition coefficient (Wildman–Crippen LogP) is 0.0668. The molecule has 102 valence electrons. The Bertz CT molecular complexity index is 319. The topological polar surface area (TPSA) is 52.7 Å². The molecule has 2 rings (SSSR count). The van der Waals surface area contributed by atoms with E-state index in [9.17, 15) is 9.59 Å². The maximum atomic E-state index is 11.8. The summed E-state index contributed by atoms with van der Waals surface area (Å²) in [5.41, 5.74) is 0. The SMILES string of the molecule is CN1CCCC(CNC(=O)CN2CCCC2=O)C1. The highest BCUT2D eigenvalue weighted by Gasteiger charge is 2.23. The van der Waals surface area contributed by atoms with Gasteiger partial charge in [-0.15, -0.1) is 0 Å². The number of amides is 2. The van der Waals surface area contributed by atoms with Gasteiger partial charge in [0.2, 0.25) is 11.8 Å². The third-order valence-electron chi connectivity index (χ3n) is 3.82. The Morgan fingerprint density at radius 1 is 1.39 bits per heavy atom. The molecule has 0 aromatic heterocycles. The Hall–Kier alpha value is -1.10. The summed E-state index contributed by atoms with van der Waals surface area (Å²) in [6, 6.07) is 0. The molecule has 0 aromatic carbocycles. The molecular formula is C13H23N3O2. The third-order valence-corrected chi connectivity index (χ3v) is 3.82. The standard InChI is InChI=1S/C13H23N3O2/c1-15-6-2-4-11(9-15)8-14-12(17)10-16-7-3-5-13(16)18/h11H,2-10H2,1H3,(H,14,17). The lowest BCUT2D eigenvalue weighted by Gasteiger charge is -2.29.